The van der Waals surface area contributed by atoms with Crippen molar-refractivity contribution in [3.63, 3.8) is 0 Å². The number of aryl methyl sites for hydroxylation is 1. The third kappa shape index (κ3) is 2.22. The molecule has 1 aromatic carbocycles. The van der Waals surface area contributed by atoms with Crippen LogP contribution in [0.5, 0.6) is 0 Å². The highest BCUT2D eigenvalue weighted by molar-refractivity contribution is 6.08. The summed E-state index contributed by atoms with van der Waals surface area (Å²) in [6, 6.07) is 7.72. The lowest BCUT2D eigenvalue weighted by Gasteiger charge is -2.18. The number of carbonyl (C=O) groups excluding carboxylic acids is 1. The van der Waals surface area contributed by atoms with Gasteiger partial charge >= 0.3 is 0 Å². The number of anilines is 1. The highest BCUT2D eigenvalue weighted by Gasteiger charge is 2.35. The first-order valence-corrected chi connectivity index (χ1v) is 7.52. The fourth-order valence-corrected chi connectivity index (χ4v) is 3.02. The molecular weight excluding hydrogens is 280 g/mol. The van der Waals surface area contributed by atoms with Gasteiger partial charge in [0.15, 0.2) is 5.76 Å². The molecule has 0 saturated carbocycles. The molecular formula is C17H20N2O3. The number of rotatable bonds is 3. The summed E-state index contributed by atoms with van der Waals surface area (Å²) >= 11 is 0. The summed E-state index contributed by atoms with van der Waals surface area (Å²) in [5.41, 5.74) is 3.03. The van der Waals surface area contributed by atoms with Crippen LogP contribution in [0, 0.1) is 6.92 Å². The Balaban J connectivity index is 2.03. The van der Waals surface area contributed by atoms with E-state index in [1.54, 1.807) is 11.8 Å². The van der Waals surface area contributed by atoms with Gasteiger partial charge in [0.1, 0.15) is 5.56 Å². The molecule has 5 heteroatoms. The maximum Gasteiger partial charge on any atom is 0.263 e. The molecule has 0 aliphatic carbocycles. The van der Waals surface area contributed by atoms with E-state index in [1.807, 2.05) is 38.1 Å². The van der Waals surface area contributed by atoms with Crippen LogP contribution >= 0.6 is 0 Å². The molecule has 1 unspecified atom stereocenters. The van der Waals surface area contributed by atoms with Crippen molar-refractivity contribution in [2.45, 2.75) is 32.6 Å². The van der Waals surface area contributed by atoms with E-state index in [0.29, 0.717) is 23.6 Å². The summed E-state index contributed by atoms with van der Waals surface area (Å²) in [6.07, 6.45) is 0. The summed E-state index contributed by atoms with van der Waals surface area (Å²) < 4.78 is 5.33. The second-order valence-electron chi connectivity index (χ2n) is 6.02. The van der Waals surface area contributed by atoms with Crippen LogP contribution in [-0.4, -0.2) is 29.3 Å². The second kappa shape index (κ2) is 5.57. The number of nitrogens with zero attached hydrogens (tertiary/aromatic N) is 2. The number of amides is 1. The van der Waals surface area contributed by atoms with E-state index in [0.717, 1.165) is 11.3 Å². The van der Waals surface area contributed by atoms with Crippen molar-refractivity contribution in [1.29, 1.82) is 0 Å². The molecule has 2 heterocycles. The number of hydrogen-bond donors (Lipinski definition) is 1. The minimum Gasteiger partial charge on any atom is -0.396 e. The number of carbonyl (C=O) groups is 1. The molecule has 0 radical (unpaired) electrons. The van der Waals surface area contributed by atoms with Gasteiger partial charge in [-0.25, -0.2) is 0 Å². The predicted octanol–water partition coefficient (Wildman–Crippen LogP) is 2.84. The Morgan fingerprint density at radius 2 is 2.18 bits per heavy atom. The van der Waals surface area contributed by atoms with E-state index >= 15 is 0 Å². The molecule has 5 nitrogen and oxygen atoms in total. The van der Waals surface area contributed by atoms with Gasteiger partial charge in [-0.05, 0) is 18.6 Å². The van der Waals surface area contributed by atoms with E-state index in [4.69, 9.17) is 4.52 Å². The van der Waals surface area contributed by atoms with E-state index in [9.17, 15) is 9.90 Å². The molecule has 1 atom stereocenters. The Bertz CT molecular complexity index is 706. The van der Waals surface area contributed by atoms with Crippen LogP contribution in [0.3, 0.4) is 0 Å². The van der Waals surface area contributed by atoms with Crippen LogP contribution in [-0.2, 0) is 0 Å². The van der Waals surface area contributed by atoms with Gasteiger partial charge in [0, 0.05) is 24.1 Å². The third-order valence-corrected chi connectivity index (χ3v) is 4.16. The number of para-hydroxylation sites is 1. The average molecular weight is 300 g/mol. The highest BCUT2D eigenvalue weighted by atomic mass is 16.5. The van der Waals surface area contributed by atoms with Gasteiger partial charge in [-0.1, -0.05) is 37.2 Å². The standard InChI is InChI=1S/C17H20N2O3/c1-10(2)16-15(11(3)18-22-16)17(21)19-8-12(9-20)13-6-4-5-7-14(13)19/h4-7,10,12,20H,8-9H2,1-3H3. The lowest BCUT2D eigenvalue weighted by atomic mass is 10.0. The molecule has 1 aromatic heterocycles. The van der Waals surface area contributed by atoms with E-state index < -0.39 is 0 Å². The van der Waals surface area contributed by atoms with Gasteiger partial charge in [-0.2, -0.15) is 0 Å². The second-order valence-corrected chi connectivity index (χ2v) is 6.02. The molecule has 1 amide bonds. The minimum atomic E-state index is -0.106. The average Bonchev–Trinajstić information content (AvgIpc) is 3.07. The molecule has 116 valence electrons. The van der Waals surface area contributed by atoms with Crippen molar-refractivity contribution < 1.29 is 14.4 Å². The van der Waals surface area contributed by atoms with Crippen molar-refractivity contribution in [2.75, 3.05) is 18.1 Å². The largest absolute Gasteiger partial charge is 0.396 e. The summed E-state index contributed by atoms with van der Waals surface area (Å²) in [5.74, 6) is 0.563. The van der Waals surface area contributed by atoms with Crippen LogP contribution < -0.4 is 4.90 Å². The first-order chi connectivity index (χ1) is 10.5. The normalized spacial score (nSPS) is 17.1. The summed E-state index contributed by atoms with van der Waals surface area (Å²) in [5, 5.41) is 13.5. The Morgan fingerprint density at radius 1 is 1.45 bits per heavy atom. The lowest BCUT2D eigenvalue weighted by molar-refractivity contribution is 0.0984. The van der Waals surface area contributed by atoms with Gasteiger partial charge in [0.25, 0.3) is 5.91 Å². The molecule has 0 spiro atoms. The van der Waals surface area contributed by atoms with Crippen LogP contribution in [0.2, 0.25) is 0 Å². The zero-order valence-corrected chi connectivity index (χ0v) is 13.0. The van der Waals surface area contributed by atoms with Gasteiger partial charge in [0.05, 0.1) is 12.3 Å². The number of hydrogen-bond acceptors (Lipinski definition) is 4. The van der Waals surface area contributed by atoms with Crippen molar-refractivity contribution in [3.05, 3.63) is 46.8 Å². The number of aromatic nitrogens is 1. The van der Waals surface area contributed by atoms with Crippen molar-refractivity contribution >= 4 is 11.6 Å². The number of benzene rings is 1. The highest BCUT2D eigenvalue weighted by Crippen LogP contribution is 2.37. The molecule has 3 rings (SSSR count). The first kappa shape index (κ1) is 14.8. The van der Waals surface area contributed by atoms with Crippen molar-refractivity contribution in [3.8, 4) is 0 Å². The van der Waals surface area contributed by atoms with Crippen LogP contribution in [0.25, 0.3) is 0 Å². The van der Waals surface area contributed by atoms with Crippen LogP contribution in [0.15, 0.2) is 28.8 Å². The van der Waals surface area contributed by atoms with E-state index in [-0.39, 0.29) is 24.3 Å². The van der Waals surface area contributed by atoms with Gasteiger partial charge in [0.2, 0.25) is 0 Å². The molecule has 22 heavy (non-hydrogen) atoms. The molecule has 1 aliphatic heterocycles. The Morgan fingerprint density at radius 3 is 2.86 bits per heavy atom. The lowest BCUT2D eigenvalue weighted by Crippen LogP contribution is -2.31. The molecule has 0 bridgehead atoms. The first-order valence-electron chi connectivity index (χ1n) is 7.52. The monoisotopic (exact) mass is 300 g/mol. The van der Waals surface area contributed by atoms with E-state index in [2.05, 4.69) is 5.16 Å². The molecule has 1 aliphatic rings. The van der Waals surface area contributed by atoms with Crippen LogP contribution in [0.4, 0.5) is 5.69 Å². The summed E-state index contributed by atoms with van der Waals surface area (Å²) in [4.78, 5) is 14.7. The van der Waals surface area contributed by atoms with Gasteiger partial charge in [-0.3, -0.25) is 4.79 Å². The zero-order valence-electron chi connectivity index (χ0n) is 13.0. The Labute approximate surface area is 129 Å². The topological polar surface area (TPSA) is 66.6 Å². The quantitative estimate of drug-likeness (QED) is 0.946. The summed E-state index contributed by atoms with van der Waals surface area (Å²) in [6.45, 7) is 6.25. The third-order valence-electron chi connectivity index (χ3n) is 4.16. The molecule has 1 N–H and O–H groups in total. The minimum absolute atomic E-state index is 0.0282. The van der Waals surface area contributed by atoms with E-state index in [1.165, 1.54) is 0 Å². The Hall–Kier alpha value is -2.14. The van der Waals surface area contributed by atoms with Crippen LogP contribution in [0.1, 0.15) is 53.1 Å². The zero-order chi connectivity index (χ0) is 15.9. The van der Waals surface area contributed by atoms with Crippen molar-refractivity contribution in [1.82, 2.24) is 5.16 Å². The maximum absolute atomic E-state index is 13.0. The smallest absolute Gasteiger partial charge is 0.263 e. The number of aliphatic hydroxyl groups excluding tert-OH is 1. The molecule has 0 saturated heterocycles. The molecule has 0 fully saturated rings. The summed E-state index contributed by atoms with van der Waals surface area (Å²) in [7, 11) is 0. The SMILES string of the molecule is Cc1noc(C(C)C)c1C(=O)N1CC(CO)c2ccccc21. The molecule has 2 aromatic rings. The number of fused-ring (bicyclic) bond motifs is 1. The Kier molecular flexibility index (Phi) is 3.74. The van der Waals surface area contributed by atoms with Gasteiger partial charge in [-0.15, -0.1) is 0 Å². The fraction of sp³-hybridized carbons (Fsp3) is 0.412. The van der Waals surface area contributed by atoms with Crippen molar-refractivity contribution in [2.24, 2.45) is 0 Å². The fourth-order valence-electron chi connectivity index (χ4n) is 3.02. The maximum atomic E-state index is 13.0. The predicted molar refractivity (Wildman–Crippen MR) is 83.3 cm³/mol. The number of aliphatic hydroxyl groups is 1. The van der Waals surface area contributed by atoms with Gasteiger partial charge < -0.3 is 14.5 Å².